The molecule has 0 unspecified atom stereocenters. The smallest absolute Gasteiger partial charge is 0.334 e. The Bertz CT molecular complexity index is 1150. The molecule has 29 heavy (non-hydrogen) atoms. The van der Waals surface area contributed by atoms with Crippen LogP contribution >= 0.6 is 15.9 Å². The van der Waals surface area contributed by atoms with Crippen molar-refractivity contribution in [2.45, 2.75) is 11.8 Å². The van der Waals surface area contributed by atoms with Crippen molar-refractivity contribution < 1.29 is 13.3 Å². The van der Waals surface area contributed by atoms with Crippen LogP contribution in [0.4, 0.5) is 23.0 Å². The quantitative estimate of drug-likeness (QED) is 0.346. The molecule has 0 atom stereocenters. The second-order valence-electron chi connectivity index (χ2n) is 5.86. The number of sulfonamides is 1. The van der Waals surface area contributed by atoms with Crippen molar-refractivity contribution in [2.75, 3.05) is 10.7 Å². The molecule has 3 rings (SSSR count). The highest BCUT2D eigenvalue weighted by atomic mass is 79.9. The summed E-state index contributed by atoms with van der Waals surface area (Å²) in [6, 6.07) is 13.1. The maximum Gasteiger partial charge on any atom is 0.354 e. The lowest BCUT2D eigenvalue weighted by Crippen LogP contribution is -2.30. The molecule has 0 saturated heterocycles. The van der Waals surface area contributed by atoms with Gasteiger partial charge in [0.15, 0.2) is 0 Å². The number of hydrazine groups is 1. The van der Waals surface area contributed by atoms with E-state index in [1.54, 1.807) is 36.4 Å². The van der Waals surface area contributed by atoms with Gasteiger partial charge in [0, 0.05) is 10.2 Å². The van der Waals surface area contributed by atoms with Crippen molar-refractivity contribution in [3.05, 3.63) is 75.0 Å². The molecule has 0 saturated carbocycles. The van der Waals surface area contributed by atoms with Crippen molar-refractivity contribution in [3.8, 4) is 0 Å². The van der Waals surface area contributed by atoms with Crippen molar-refractivity contribution >= 4 is 49.0 Å². The lowest BCUT2D eigenvalue weighted by Gasteiger charge is -2.11. The van der Waals surface area contributed by atoms with E-state index >= 15 is 0 Å². The van der Waals surface area contributed by atoms with E-state index < -0.39 is 20.6 Å². The number of aromatic nitrogens is 2. The first-order valence-electron chi connectivity index (χ1n) is 8.13. The van der Waals surface area contributed by atoms with Gasteiger partial charge in [-0.2, -0.15) is 0 Å². The summed E-state index contributed by atoms with van der Waals surface area (Å²) in [6.07, 6.45) is 1.08. The largest absolute Gasteiger partial charge is 0.354 e. The Labute approximate surface area is 174 Å². The van der Waals surface area contributed by atoms with E-state index in [1.165, 1.54) is 12.1 Å². The van der Waals surface area contributed by atoms with Crippen LogP contribution in [0.1, 0.15) is 5.56 Å². The Morgan fingerprint density at radius 2 is 1.76 bits per heavy atom. The maximum absolute atomic E-state index is 12.4. The Morgan fingerprint density at radius 3 is 2.41 bits per heavy atom. The van der Waals surface area contributed by atoms with E-state index in [4.69, 9.17) is 0 Å². The number of nitrogens with one attached hydrogen (secondary N) is 3. The van der Waals surface area contributed by atoms with Crippen LogP contribution in [0.25, 0.3) is 0 Å². The first-order chi connectivity index (χ1) is 13.8. The highest BCUT2D eigenvalue weighted by Crippen LogP contribution is 2.31. The van der Waals surface area contributed by atoms with Crippen LogP contribution < -0.4 is 15.6 Å². The fourth-order valence-corrected chi connectivity index (χ4v) is 3.57. The average Bonchev–Trinajstić information content (AvgIpc) is 2.66. The SMILES string of the molecule is Cc1ccc(S(=O)(=O)NNc2ncnc(Nc3cccc(Br)c3)c2[N+](=O)[O-])cc1. The maximum atomic E-state index is 12.4. The van der Waals surface area contributed by atoms with Gasteiger partial charge in [-0.1, -0.05) is 39.7 Å². The summed E-state index contributed by atoms with van der Waals surface area (Å²) in [5.74, 6) is -0.404. The van der Waals surface area contributed by atoms with Crippen molar-refractivity contribution in [2.24, 2.45) is 0 Å². The minimum Gasteiger partial charge on any atom is -0.334 e. The summed E-state index contributed by atoms with van der Waals surface area (Å²) < 4.78 is 25.6. The third-order valence-corrected chi connectivity index (χ3v) is 5.48. The summed E-state index contributed by atoms with van der Waals surface area (Å²) >= 11 is 3.32. The van der Waals surface area contributed by atoms with E-state index in [2.05, 4.69) is 41.5 Å². The second kappa shape index (κ2) is 8.51. The topological polar surface area (TPSA) is 139 Å². The second-order valence-corrected chi connectivity index (χ2v) is 8.45. The van der Waals surface area contributed by atoms with Gasteiger partial charge in [-0.05, 0) is 37.3 Å². The molecule has 0 bridgehead atoms. The molecule has 1 heterocycles. The van der Waals surface area contributed by atoms with Crippen LogP contribution in [0.5, 0.6) is 0 Å². The van der Waals surface area contributed by atoms with E-state index in [0.717, 1.165) is 16.4 Å². The number of rotatable bonds is 7. The zero-order chi connectivity index (χ0) is 21.0. The summed E-state index contributed by atoms with van der Waals surface area (Å²) in [5.41, 5.74) is 3.23. The summed E-state index contributed by atoms with van der Waals surface area (Å²) in [7, 11) is -3.97. The minimum atomic E-state index is -3.97. The zero-order valence-electron chi connectivity index (χ0n) is 15.0. The highest BCUT2D eigenvalue weighted by molar-refractivity contribution is 9.10. The number of hydrogen-bond acceptors (Lipinski definition) is 8. The lowest BCUT2D eigenvalue weighted by atomic mass is 10.2. The normalized spacial score (nSPS) is 11.1. The molecule has 1 aromatic heterocycles. The molecule has 0 fully saturated rings. The van der Waals surface area contributed by atoms with Crippen molar-refractivity contribution in [3.63, 3.8) is 0 Å². The van der Waals surface area contributed by atoms with Gasteiger partial charge in [0.2, 0.25) is 11.6 Å². The zero-order valence-corrected chi connectivity index (χ0v) is 17.4. The molecule has 0 amide bonds. The standard InChI is InChI=1S/C17H15BrN6O4S/c1-11-5-7-14(8-6-11)29(27,28)23-22-17-15(24(25)26)16(19-10-20-17)21-13-4-2-3-12(18)9-13/h2-10,23H,1H3,(H2,19,20,21,22). The Balaban J connectivity index is 1.87. The van der Waals surface area contributed by atoms with Crippen molar-refractivity contribution in [1.82, 2.24) is 14.8 Å². The molecule has 150 valence electrons. The number of anilines is 3. The van der Waals surface area contributed by atoms with Crippen LogP contribution in [0.2, 0.25) is 0 Å². The fourth-order valence-electron chi connectivity index (χ4n) is 2.33. The Hall–Kier alpha value is -3.09. The average molecular weight is 479 g/mol. The van der Waals surface area contributed by atoms with Crippen LogP contribution in [0.3, 0.4) is 0 Å². The van der Waals surface area contributed by atoms with Crippen LogP contribution in [0, 0.1) is 17.0 Å². The predicted octanol–water partition coefficient (Wildman–Crippen LogP) is 3.50. The molecule has 2 aromatic carbocycles. The van der Waals surface area contributed by atoms with E-state index in [9.17, 15) is 18.5 Å². The Morgan fingerprint density at radius 1 is 1.07 bits per heavy atom. The number of nitrogens with zero attached hydrogens (tertiary/aromatic N) is 3. The highest BCUT2D eigenvalue weighted by Gasteiger charge is 2.25. The number of nitro groups is 1. The third kappa shape index (κ3) is 5.04. The first-order valence-corrected chi connectivity index (χ1v) is 10.4. The van der Waals surface area contributed by atoms with Crippen molar-refractivity contribution in [1.29, 1.82) is 0 Å². The molecule has 3 N–H and O–H groups in total. The van der Waals surface area contributed by atoms with Crippen LogP contribution in [-0.4, -0.2) is 23.3 Å². The number of aryl methyl sites for hydroxylation is 1. The number of benzene rings is 2. The van der Waals surface area contributed by atoms with Crippen LogP contribution in [-0.2, 0) is 10.0 Å². The molecule has 0 aliphatic rings. The number of hydrogen-bond donors (Lipinski definition) is 3. The van der Waals surface area contributed by atoms with Gasteiger partial charge in [0.25, 0.3) is 10.0 Å². The monoisotopic (exact) mass is 478 g/mol. The molecule has 12 heteroatoms. The molecular weight excluding hydrogens is 464 g/mol. The summed E-state index contributed by atoms with van der Waals surface area (Å²) in [4.78, 5) is 20.7. The third-order valence-electron chi connectivity index (χ3n) is 3.73. The molecule has 0 spiro atoms. The molecule has 0 aliphatic carbocycles. The molecule has 0 aliphatic heterocycles. The molecule has 0 radical (unpaired) electrons. The fraction of sp³-hybridized carbons (Fsp3) is 0.0588. The number of halogens is 1. The van der Waals surface area contributed by atoms with Gasteiger partial charge in [-0.3, -0.25) is 15.5 Å². The van der Waals surface area contributed by atoms with Gasteiger partial charge < -0.3 is 5.32 Å². The molecule has 10 nitrogen and oxygen atoms in total. The first kappa shape index (κ1) is 20.6. The molecular formula is C17H15BrN6O4S. The van der Waals surface area contributed by atoms with E-state index in [0.29, 0.717) is 5.69 Å². The van der Waals surface area contributed by atoms with E-state index in [-0.39, 0.29) is 16.5 Å². The molecule has 3 aromatic rings. The lowest BCUT2D eigenvalue weighted by molar-refractivity contribution is -0.383. The minimum absolute atomic E-state index is 0.000191. The summed E-state index contributed by atoms with van der Waals surface area (Å²) in [5, 5.41) is 14.4. The summed E-state index contributed by atoms with van der Waals surface area (Å²) in [6.45, 7) is 1.83. The van der Waals surface area contributed by atoms with Gasteiger partial charge in [-0.25, -0.2) is 18.4 Å². The van der Waals surface area contributed by atoms with E-state index in [1.807, 2.05) is 6.92 Å². The predicted molar refractivity (Wildman–Crippen MR) is 111 cm³/mol. The van der Waals surface area contributed by atoms with Crippen LogP contribution in [0.15, 0.2) is 64.2 Å². The van der Waals surface area contributed by atoms with Gasteiger partial charge in [-0.15, -0.1) is 4.83 Å². The van der Waals surface area contributed by atoms with Gasteiger partial charge in [0.05, 0.1) is 9.82 Å². The van der Waals surface area contributed by atoms with Gasteiger partial charge in [0.1, 0.15) is 6.33 Å². The Kier molecular flexibility index (Phi) is 6.06. The van der Waals surface area contributed by atoms with Gasteiger partial charge >= 0.3 is 5.69 Å².